The summed E-state index contributed by atoms with van der Waals surface area (Å²) in [5, 5.41) is 9.88. The van der Waals surface area contributed by atoms with Crippen molar-refractivity contribution in [2.45, 2.75) is 26.3 Å². The van der Waals surface area contributed by atoms with Gasteiger partial charge >= 0.3 is 0 Å². The molecule has 2 N–H and O–H groups in total. The molecule has 0 aliphatic carbocycles. The monoisotopic (exact) mass is 171 g/mol. The Bertz CT molecular complexity index is 202. The summed E-state index contributed by atoms with van der Waals surface area (Å²) >= 11 is 1.51. The van der Waals surface area contributed by atoms with E-state index < -0.39 is 0 Å². The molecule has 0 fully saturated rings. The molecule has 1 aliphatic heterocycles. The Hall–Kier alpha value is -0.350. The van der Waals surface area contributed by atoms with Gasteiger partial charge in [-0.2, -0.15) is 10.2 Å². The molecule has 0 saturated heterocycles. The van der Waals surface area contributed by atoms with E-state index in [1.165, 1.54) is 11.8 Å². The zero-order valence-electron chi connectivity index (χ0n) is 7.03. The lowest BCUT2D eigenvalue weighted by Crippen LogP contribution is -2.15. The molecule has 62 valence electrons. The maximum Gasteiger partial charge on any atom is 0.169 e. The number of allylic oxidation sites excluding steroid dienone is 1. The SMILES string of the molecule is CC(C)(C)C1=CSC(N)N=N1. The van der Waals surface area contributed by atoms with Gasteiger partial charge in [-0.25, -0.2) is 0 Å². The van der Waals surface area contributed by atoms with Crippen molar-refractivity contribution in [1.29, 1.82) is 0 Å². The molecule has 0 aromatic rings. The molecular formula is C7H13N3S. The minimum atomic E-state index is -0.207. The van der Waals surface area contributed by atoms with Crippen LogP contribution < -0.4 is 5.73 Å². The Balaban J connectivity index is 2.71. The number of rotatable bonds is 0. The highest BCUT2D eigenvalue weighted by molar-refractivity contribution is 8.02. The number of hydrogen-bond donors (Lipinski definition) is 1. The second-order valence-corrected chi connectivity index (χ2v) is 4.49. The van der Waals surface area contributed by atoms with E-state index in [4.69, 9.17) is 5.73 Å². The Morgan fingerprint density at radius 2 is 2.18 bits per heavy atom. The highest BCUT2D eigenvalue weighted by atomic mass is 32.2. The highest BCUT2D eigenvalue weighted by Gasteiger charge is 2.19. The molecule has 1 rings (SSSR count). The lowest BCUT2D eigenvalue weighted by Gasteiger charge is -2.20. The van der Waals surface area contributed by atoms with Crippen LogP contribution >= 0.6 is 11.8 Å². The van der Waals surface area contributed by atoms with Crippen LogP contribution in [0.25, 0.3) is 0 Å². The molecule has 1 atom stereocenters. The van der Waals surface area contributed by atoms with Crippen LogP contribution in [0.2, 0.25) is 0 Å². The van der Waals surface area contributed by atoms with Gasteiger partial charge in [0, 0.05) is 5.41 Å². The zero-order chi connectivity index (χ0) is 8.48. The normalized spacial score (nSPS) is 25.1. The molecule has 0 radical (unpaired) electrons. The standard InChI is InChI=1S/C7H13N3S/c1-7(2,3)5-4-11-6(8)10-9-5/h4,6H,8H2,1-3H3. The molecule has 0 amide bonds. The molecule has 0 spiro atoms. The Morgan fingerprint density at radius 3 is 2.55 bits per heavy atom. The van der Waals surface area contributed by atoms with Gasteiger partial charge in [-0.05, 0) is 5.41 Å². The van der Waals surface area contributed by atoms with Gasteiger partial charge in [0.05, 0.1) is 5.70 Å². The van der Waals surface area contributed by atoms with Gasteiger partial charge in [-0.15, -0.1) is 0 Å². The predicted octanol–water partition coefficient (Wildman–Crippen LogP) is 2.32. The fourth-order valence-electron chi connectivity index (χ4n) is 0.631. The van der Waals surface area contributed by atoms with Crippen molar-refractivity contribution >= 4 is 11.8 Å². The van der Waals surface area contributed by atoms with Crippen molar-refractivity contribution in [3.8, 4) is 0 Å². The summed E-state index contributed by atoms with van der Waals surface area (Å²) in [5.41, 5.74) is 6.37. The summed E-state index contributed by atoms with van der Waals surface area (Å²) in [6.07, 6.45) is 0. The van der Waals surface area contributed by atoms with E-state index in [9.17, 15) is 0 Å². The molecular weight excluding hydrogens is 158 g/mol. The second kappa shape index (κ2) is 2.95. The van der Waals surface area contributed by atoms with Gasteiger partial charge in [-0.1, -0.05) is 32.5 Å². The quantitative estimate of drug-likeness (QED) is 0.608. The summed E-state index contributed by atoms with van der Waals surface area (Å²) < 4.78 is 0. The Kier molecular flexibility index (Phi) is 2.34. The number of thioether (sulfide) groups is 1. The van der Waals surface area contributed by atoms with Crippen LogP contribution in [0.4, 0.5) is 0 Å². The Labute approximate surface area is 71.1 Å². The molecule has 1 unspecified atom stereocenters. The Morgan fingerprint density at radius 1 is 1.55 bits per heavy atom. The average Bonchev–Trinajstić information content (AvgIpc) is 1.86. The van der Waals surface area contributed by atoms with Crippen LogP contribution in [0.1, 0.15) is 20.8 Å². The van der Waals surface area contributed by atoms with Gasteiger partial charge in [0.1, 0.15) is 0 Å². The average molecular weight is 171 g/mol. The molecule has 3 nitrogen and oxygen atoms in total. The molecule has 0 aromatic heterocycles. The van der Waals surface area contributed by atoms with E-state index in [2.05, 4.69) is 31.0 Å². The molecule has 0 bridgehead atoms. The molecule has 1 aliphatic rings. The third-order valence-corrected chi connectivity index (χ3v) is 2.10. The van der Waals surface area contributed by atoms with E-state index in [0.29, 0.717) is 0 Å². The van der Waals surface area contributed by atoms with Crippen molar-refractivity contribution in [2.24, 2.45) is 21.4 Å². The summed E-state index contributed by atoms with van der Waals surface area (Å²) in [6.45, 7) is 6.32. The van der Waals surface area contributed by atoms with Crippen LogP contribution in [-0.2, 0) is 0 Å². The summed E-state index contributed by atoms with van der Waals surface area (Å²) in [7, 11) is 0. The molecule has 0 saturated carbocycles. The fourth-order valence-corrected chi connectivity index (χ4v) is 1.40. The van der Waals surface area contributed by atoms with Crippen molar-refractivity contribution in [3.63, 3.8) is 0 Å². The minimum Gasteiger partial charge on any atom is -0.299 e. The maximum absolute atomic E-state index is 5.50. The van der Waals surface area contributed by atoms with Crippen LogP contribution in [-0.4, -0.2) is 5.50 Å². The fraction of sp³-hybridized carbons (Fsp3) is 0.714. The smallest absolute Gasteiger partial charge is 0.169 e. The van der Waals surface area contributed by atoms with Gasteiger partial charge in [0.25, 0.3) is 0 Å². The highest BCUT2D eigenvalue weighted by Crippen LogP contribution is 2.32. The summed E-state index contributed by atoms with van der Waals surface area (Å²) in [5.74, 6) is 0. The van der Waals surface area contributed by atoms with Crippen molar-refractivity contribution in [1.82, 2.24) is 0 Å². The molecule has 1 heterocycles. The van der Waals surface area contributed by atoms with Gasteiger partial charge in [-0.3, -0.25) is 5.73 Å². The van der Waals surface area contributed by atoms with E-state index in [1.807, 2.05) is 5.41 Å². The van der Waals surface area contributed by atoms with Crippen LogP contribution in [0.5, 0.6) is 0 Å². The lowest BCUT2D eigenvalue weighted by atomic mass is 9.93. The number of nitrogens with two attached hydrogens (primary N) is 1. The number of hydrogen-bond acceptors (Lipinski definition) is 4. The van der Waals surface area contributed by atoms with Crippen molar-refractivity contribution < 1.29 is 0 Å². The largest absolute Gasteiger partial charge is 0.299 e. The van der Waals surface area contributed by atoms with E-state index in [1.54, 1.807) is 0 Å². The maximum atomic E-state index is 5.50. The predicted molar refractivity (Wildman–Crippen MR) is 48.0 cm³/mol. The van der Waals surface area contributed by atoms with Gasteiger partial charge in [0.15, 0.2) is 5.50 Å². The first-order chi connectivity index (χ1) is 5.00. The number of azo groups is 1. The molecule has 4 heteroatoms. The van der Waals surface area contributed by atoms with Crippen LogP contribution in [0.3, 0.4) is 0 Å². The van der Waals surface area contributed by atoms with E-state index in [-0.39, 0.29) is 10.9 Å². The van der Waals surface area contributed by atoms with Crippen molar-refractivity contribution in [3.05, 3.63) is 11.1 Å². The van der Waals surface area contributed by atoms with E-state index in [0.717, 1.165) is 5.70 Å². The zero-order valence-corrected chi connectivity index (χ0v) is 7.85. The van der Waals surface area contributed by atoms with Crippen LogP contribution in [0.15, 0.2) is 21.3 Å². The summed E-state index contributed by atoms with van der Waals surface area (Å²) in [6, 6.07) is 0. The third kappa shape index (κ3) is 2.31. The van der Waals surface area contributed by atoms with Gasteiger partial charge in [0.2, 0.25) is 0 Å². The first-order valence-electron chi connectivity index (χ1n) is 3.53. The topological polar surface area (TPSA) is 50.7 Å². The van der Waals surface area contributed by atoms with Crippen LogP contribution in [0, 0.1) is 5.41 Å². The molecule has 11 heavy (non-hydrogen) atoms. The number of nitrogens with zero attached hydrogens (tertiary/aromatic N) is 2. The third-order valence-electron chi connectivity index (χ3n) is 1.37. The minimum absolute atomic E-state index is 0.0800. The first-order valence-corrected chi connectivity index (χ1v) is 4.47. The van der Waals surface area contributed by atoms with E-state index >= 15 is 0 Å². The van der Waals surface area contributed by atoms with Gasteiger partial charge < -0.3 is 0 Å². The lowest BCUT2D eigenvalue weighted by molar-refractivity contribution is 0.489. The first kappa shape index (κ1) is 8.74. The summed E-state index contributed by atoms with van der Waals surface area (Å²) in [4.78, 5) is 0. The van der Waals surface area contributed by atoms with Crippen molar-refractivity contribution in [2.75, 3.05) is 0 Å². The second-order valence-electron chi connectivity index (χ2n) is 3.50. The molecule has 0 aromatic carbocycles.